The molecule has 0 atom stereocenters. The second kappa shape index (κ2) is 10.0. The summed E-state index contributed by atoms with van der Waals surface area (Å²) in [4.78, 5) is 36.2. The molecule has 0 radical (unpaired) electrons. The first kappa shape index (κ1) is 20.2. The predicted octanol–water partition coefficient (Wildman–Crippen LogP) is 2.69. The SMILES string of the molecule is CCCN(CCC)C(=O)OC(=O)CCNC(=O)OC(C)(C)C. The number of alkyl carbamates (subject to hydrolysis) is 1. The fraction of sp³-hybridized carbons (Fsp3) is 0.800. The fourth-order valence-corrected chi connectivity index (χ4v) is 1.63. The van der Waals surface area contributed by atoms with Crippen LogP contribution in [-0.2, 0) is 14.3 Å². The number of rotatable bonds is 7. The smallest absolute Gasteiger partial charge is 0.417 e. The summed E-state index contributed by atoms with van der Waals surface area (Å²) >= 11 is 0. The zero-order valence-electron chi connectivity index (χ0n) is 14.2. The topological polar surface area (TPSA) is 84.9 Å². The van der Waals surface area contributed by atoms with Crippen LogP contribution in [0, 0.1) is 0 Å². The van der Waals surface area contributed by atoms with Crippen molar-refractivity contribution in [2.45, 2.75) is 59.5 Å². The van der Waals surface area contributed by atoms with Gasteiger partial charge in [0.1, 0.15) is 5.60 Å². The summed E-state index contributed by atoms with van der Waals surface area (Å²) in [6, 6.07) is 0. The molecule has 0 bridgehead atoms. The number of carbonyl (C=O) groups excluding carboxylic acids is 3. The predicted molar refractivity (Wildman–Crippen MR) is 82.5 cm³/mol. The van der Waals surface area contributed by atoms with Crippen LogP contribution in [0.15, 0.2) is 0 Å². The molecule has 1 N–H and O–H groups in total. The fourth-order valence-electron chi connectivity index (χ4n) is 1.63. The summed E-state index contributed by atoms with van der Waals surface area (Å²) in [5.41, 5.74) is -0.596. The normalized spacial score (nSPS) is 10.8. The number of ether oxygens (including phenoxy) is 2. The van der Waals surface area contributed by atoms with Crippen molar-refractivity contribution >= 4 is 18.2 Å². The second-order valence-corrected chi connectivity index (χ2v) is 5.91. The second-order valence-electron chi connectivity index (χ2n) is 5.91. The lowest BCUT2D eigenvalue weighted by Gasteiger charge is -2.20. The number of carbonyl (C=O) groups is 3. The summed E-state index contributed by atoms with van der Waals surface area (Å²) in [5, 5.41) is 2.44. The van der Waals surface area contributed by atoms with Crippen LogP contribution in [0.4, 0.5) is 9.59 Å². The van der Waals surface area contributed by atoms with Gasteiger partial charge in [-0.05, 0) is 33.6 Å². The van der Waals surface area contributed by atoms with Crippen molar-refractivity contribution < 1.29 is 23.9 Å². The van der Waals surface area contributed by atoms with Crippen LogP contribution in [0.1, 0.15) is 53.9 Å². The molecule has 0 aromatic heterocycles. The molecule has 0 unspecified atom stereocenters. The van der Waals surface area contributed by atoms with Crippen molar-refractivity contribution in [3.63, 3.8) is 0 Å². The van der Waals surface area contributed by atoms with E-state index in [0.717, 1.165) is 12.8 Å². The molecule has 7 nitrogen and oxygen atoms in total. The zero-order valence-corrected chi connectivity index (χ0v) is 14.2. The van der Waals surface area contributed by atoms with Gasteiger partial charge in [0.05, 0.1) is 6.42 Å². The van der Waals surface area contributed by atoms with Gasteiger partial charge in [-0.25, -0.2) is 9.59 Å². The number of hydrogen-bond donors (Lipinski definition) is 1. The summed E-state index contributed by atoms with van der Waals surface area (Å²) < 4.78 is 9.78. The Balaban J connectivity index is 4.07. The van der Waals surface area contributed by atoms with Crippen molar-refractivity contribution in [3.05, 3.63) is 0 Å². The van der Waals surface area contributed by atoms with Gasteiger partial charge in [-0.3, -0.25) is 4.79 Å². The van der Waals surface area contributed by atoms with Gasteiger partial charge in [-0.2, -0.15) is 0 Å². The van der Waals surface area contributed by atoms with Crippen LogP contribution in [-0.4, -0.2) is 48.3 Å². The van der Waals surface area contributed by atoms with E-state index in [2.05, 4.69) is 5.32 Å². The highest BCUT2D eigenvalue weighted by molar-refractivity contribution is 5.84. The largest absolute Gasteiger partial charge is 0.444 e. The molecule has 0 heterocycles. The zero-order chi connectivity index (χ0) is 17.2. The molecule has 0 aromatic carbocycles. The van der Waals surface area contributed by atoms with Crippen molar-refractivity contribution in [2.75, 3.05) is 19.6 Å². The van der Waals surface area contributed by atoms with Crippen LogP contribution < -0.4 is 5.32 Å². The maximum Gasteiger partial charge on any atom is 0.417 e. The highest BCUT2D eigenvalue weighted by atomic mass is 16.6. The molecule has 0 aliphatic carbocycles. The minimum atomic E-state index is -0.668. The lowest BCUT2D eigenvalue weighted by molar-refractivity contribution is -0.138. The van der Waals surface area contributed by atoms with Crippen LogP contribution in [0.2, 0.25) is 0 Å². The van der Waals surface area contributed by atoms with Gasteiger partial charge in [0, 0.05) is 19.6 Å². The first-order valence-corrected chi connectivity index (χ1v) is 7.66. The van der Waals surface area contributed by atoms with Gasteiger partial charge in [0.25, 0.3) is 0 Å². The molecule has 0 spiro atoms. The monoisotopic (exact) mass is 316 g/mol. The minimum Gasteiger partial charge on any atom is -0.444 e. The van der Waals surface area contributed by atoms with E-state index >= 15 is 0 Å². The lowest BCUT2D eigenvalue weighted by Crippen LogP contribution is -2.36. The lowest BCUT2D eigenvalue weighted by atomic mass is 10.2. The van der Waals surface area contributed by atoms with Gasteiger partial charge in [-0.15, -0.1) is 0 Å². The molecule has 128 valence electrons. The third-order valence-electron chi connectivity index (χ3n) is 2.44. The van der Waals surface area contributed by atoms with Gasteiger partial charge in [0.15, 0.2) is 0 Å². The van der Waals surface area contributed by atoms with Crippen LogP contribution >= 0.6 is 0 Å². The first-order chi connectivity index (χ1) is 10.2. The van der Waals surface area contributed by atoms with Crippen LogP contribution in [0.25, 0.3) is 0 Å². The molecule has 7 heteroatoms. The van der Waals surface area contributed by atoms with Gasteiger partial charge < -0.3 is 19.7 Å². The standard InChI is InChI=1S/C15H28N2O5/c1-6-10-17(11-7-2)14(20)21-12(18)8-9-16-13(19)22-15(3,4)5/h6-11H2,1-5H3,(H,16,19). The molecule has 22 heavy (non-hydrogen) atoms. The summed E-state index contributed by atoms with van der Waals surface area (Å²) in [5.74, 6) is -0.668. The Morgan fingerprint density at radius 3 is 2.05 bits per heavy atom. The summed E-state index contributed by atoms with van der Waals surface area (Å²) in [6.45, 7) is 10.3. The molecule has 0 aromatic rings. The third kappa shape index (κ3) is 10.0. The van der Waals surface area contributed by atoms with E-state index in [1.165, 1.54) is 4.90 Å². The molecule has 0 fully saturated rings. The Labute approximate surface area is 132 Å². The highest BCUT2D eigenvalue weighted by Crippen LogP contribution is 2.06. The number of esters is 1. The van der Waals surface area contributed by atoms with Crippen molar-refractivity contribution in [1.82, 2.24) is 10.2 Å². The Hall–Kier alpha value is -1.79. The summed E-state index contributed by atoms with van der Waals surface area (Å²) in [7, 11) is 0. The van der Waals surface area contributed by atoms with Crippen LogP contribution in [0.3, 0.4) is 0 Å². The maximum atomic E-state index is 11.8. The molecular weight excluding hydrogens is 288 g/mol. The Kier molecular flexibility index (Phi) is 9.21. The van der Waals surface area contributed by atoms with E-state index in [-0.39, 0.29) is 13.0 Å². The molecule has 0 saturated carbocycles. The van der Waals surface area contributed by atoms with Gasteiger partial charge >= 0.3 is 18.2 Å². The van der Waals surface area contributed by atoms with E-state index in [9.17, 15) is 14.4 Å². The number of hydrogen-bond acceptors (Lipinski definition) is 5. The molecule has 2 amide bonds. The third-order valence-corrected chi connectivity index (χ3v) is 2.44. The quantitative estimate of drug-likeness (QED) is 0.576. The van der Waals surface area contributed by atoms with Gasteiger partial charge in [0.2, 0.25) is 0 Å². The number of nitrogens with one attached hydrogen (secondary N) is 1. The van der Waals surface area contributed by atoms with Crippen LogP contribution in [0.5, 0.6) is 0 Å². The molecular formula is C15H28N2O5. The molecule has 0 aliphatic heterocycles. The number of nitrogens with zero attached hydrogens (tertiary/aromatic N) is 1. The van der Waals surface area contributed by atoms with E-state index in [0.29, 0.717) is 13.1 Å². The highest BCUT2D eigenvalue weighted by Gasteiger charge is 2.18. The van der Waals surface area contributed by atoms with E-state index in [4.69, 9.17) is 9.47 Å². The summed E-state index contributed by atoms with van der Waals surface area (Å²) in [6.07, 6.45) is 0.264. The van der Waals surface area contributed by atoms with E-state index in [1.807, 2.05) is 13.8 Å². The van der Waals surface area contributed by atoms with Crippen molar-refractivity contribution in [3.8, 4) is 0 Å². The first-order valence-electron chi connectivity index (χ1n) is 7.66. The Morgan fingerprint density at radius 2 is 1.59 bits per heavy atom. The van der Waals surface area contributed by atoms with E-state index in [1.54, 1.807) is 20.8 Å². The molecule has 0 aliphatic rings. The average molecular weight is 316 g/mol. The Bertz CT molecular complexity index is 371. The number of amides is 2. The Morgan fingerprint density at radius 1 is 1.05 bits per heavy atom. The average Bonchev–Trinajstić information content (AvgIpc) is 2.36. The minimum absolute atomic E-state index is 0.0581. The molecule has 0 rings (SSSR count). The molecule has 0 saturated heterocycles. The maximum absolute atomic E-state index is 11.8. The van der Waals surface area contributed by atoms with Gasteiger partial charge in [-0.1, -0.05) is 13.8 Å². The van der Waals surface area contributed by atoms with E-state index < -0.39 is 23.8 Å². The van der Waals surface area contributed by atoms with Crippen molar-refractivity contribution in [1.29, 1.82) is 0 Å². The van der Waals surface area contributed by atoms with Crippen molar-refractivity contribution in [2.24, 2.45) is 0 Å².